The van der Waals surface area contributed by atoms with Crippen LogP contribution in [0.25, 0.3) is 0 Å². The Morgan fingerprint density at radius 2 is 1.08 bits per heavy atom. The summed E-state index contributed by atoms with van der Waals surface area (Å²) in [6.45, 7) is 14.2. The Hall–Kier alpha value is 0.430. The van der Waals surface area contributed by atoms with Gasteiger partial charge in [0.25, 0.3) is 0 Å². The minimum absolute atomic E-state index is 0.301. The van der Waals surface area contributed by atoms with Crippen molar-refractivity contribution >= 4 is 7.92 Å². The second-order valence-electron chi connectivity index (χ2n) is 4.84. The molecule has 12 heavy (non-hydrogen) atoms. The highest BCUT2D eigenvalue weighted by Gasteiger charge is 2.15. The third kappa shape index (κ3) is 6.00. The molecule has 0 unspecified atom stereocenters. The highest BCUT2D eigenvalue weighted by Crippen LogP contribution is 2.44. The fourth-order valence-electron chi connectivity index (χ4n) is 1.43. The van der Waals surface area contributed by atoms with Gasteiger partial charge in [-0.2, -0.15) is 0 Å². The predicted octanol–water partition coefficient (Wildman–Crippen LogP) is 4.19. The summed E-state index contributed by atoms with van der Waals surface area (Å²) in [7, 11) is 0.301. The van der Waals surface area contributed by atoms with Crippen LogP contribution in [0.4, 0.5) is 0 Å². The minimum Gasteiger partial charge on any atom is -0.104 e. The summed E-state index contributed by atoms with van der Waals surface area (Å²) < 4.78 is 0. The van der Waals surface area contributed by atoms with Crippen LogP contribution in [0.15, 0.2) is 0 Å². The second kappa shape index (κ2) is 5.97. The van der Waals surface area contributed by atoms with E-state index in [2.05, 4.69) is 41.5 Å². The summed E-state index contributed by atoms with van der Waals surface area (Å²) in [6, 6.07) is 0. The van der Waals surface area contributed by atoms with E-state index in [9.17, 15) is 0 Å². The Labute approximate surface area is 79.9 Å². The molecule has 0 amide bonds. The van der Waals surface area contributed by atoms with E-state index < -0.39 is 0 Å². The quantitative estimate of drug-likeness (QED) is 0.567. The molecule has 0 aliphatic carbocycles. The van der Waals surface area contributed by atoms with Crippen LogP contribution in [0, 0.1) is 11.8 Å². The van der Waals surface area contributed by atoms with E-state index in [0.29, 0.717) is 7.92 Å². The van der Waals surface area contributed by atoms with Gasteiger partial charge in [-0.1, -0.05) is 41.5 Å². The van der Waals surface area contributed by atoms with Crippen molar-refractivity contribution < 1.29 is 0 Å². The average Bonchev–Trinajstić information content (AvgIpc) is 1.83. The van der Waals surface area contributed by atoms with Crippen LogP contribution >= 0.6 is 7.92 Å². The van der Waals surface area contributed by atoms with Crippen molar-refractivity contribution in [2.45, 2.75) is 47.2 Å². The number of hydrogen-bond donors (Lipinski definition) is 0. The summed E-state index contributed by atoms with van der Waals surface area (Å²) in [5.41, 5.74) is 0.921. The minimum atomic E-state index is 0.301. The van der Waals surface area contributed by atoms with Crippen LogP contribution in [0.3, 0.4) is 0 Å². The van der Waals surface area contributed by atoms with Crippen molar-refractivity contribution in [2.75, 3.05) is 12.3 Å². The molecule has 0 rings (SSSR count). The molecule has 0 aromatic heterocycles. The van der Waals surface area contributed by atoms with E-state index in [1.54, 1.807) is 0 Å². The molecular formula is C11H25P. The zero-order valence-corrected chi connectivity index (χ0v) is 10.5. The Morgan fingerprint density at radius 3 is 1.25 bits per heavy atom. The third-order valence-electron chi connectivity index (χ3n) is 1.93. The molecule has 0 N–H and O–H groups in total. The van der Waals surface area contributed by atoms with Crippen LogP contribution in [0.1, 0.15) is 41.5 Å². The molecule has 0 saturated carbocycles. The van der Waals surface area contributed by atoms with Gasteiger partial charge >= 0.3 is 0 Å². The lowest BCUT2D eigenvalue weighted by atomic mass is 10.3. The fourth-order valence-corrected chi connectivity index (χ4v) is 4.30. The van der Waals surface area contributed by atoms with Gasteiger partial charge in [-0.3, -0.25) is 0 Å². The third-order valence-corrected chi connectivity index (χ3v) is 5.79. The summed E-state index contributed by atoms with van der Waals surface area (Å²) in [5, 5.41) is 0. The van der Waals surface area contributed by atoms with Crippen LogP contribution < -0.4 is 0 Å². The highest BCUT2D eigenvalue weighted by atomic mass is 31.1. The fraction of sp³-hybridized carbons (Fsp3) is 1.00. The van der Waals surface area contributed by atoms with Crippen LogP contribution in [-0.4, -0.2) is 18.0 Å². The van der Waals surface area contributed by atoms with Gasteiger partial charge in [-0.05, 0) is 29.8 Å². The van der Waals surface area contributed by atoms with Crippen molar-refractivity contribution in [1.29, 1.82) is 0 Å². The van der Waals surface area contributed by atoms with Gasteiger partial charge in [0.1, 0.15) is 0 Å². The molecule has 0 aliphatic heterocycles. The summed E-state index contributed by atoms with van der Waals surface area (Å²) in [6.07, 6.45) is 2.93. The lowest BCUT2D eigenvalue weighted by Gasteiger charge is -2.25. The molecule has 0 aromatic carbocycles. The van der Waals surface area contributed by atoms with Gasteiger partial charge in [0.15, 0.2) is 0 Å². The van der Waals surface area contributed by atoms with E-state index >= 15 is 0 Å². The van der Waals surface area contributed by atoms with Gasteiger partial charge in [-0.15, -0.1) is 7.92 Å². The van der Waals surface area contributed by atoms with Crippen molar-refractivity contribution in [3.05, 3.63) is 0 Å². The Balaban J connectivity index is 3.87. The first-order valence-electron chi connectivity index (χ1n) is 5.17. The van der Waals surface area contributed by atoms with E-state index in [-0.39, 0.29) is 0 Å². The zero-order valence-electron chi connectivity index (χ0n) is 9.59. The van der Waals surface area contributed by atoms with Gasteiger partial charge in [0.2, 0.25) is 0 Å². The molecule has 1 heteroatoms. The van der Waals surface area contributed by atoms with Crippen LogP contribution in [0.5, 0.6) is 0 Å². The van der Waals surface area contributed by atoms with Crippen molar-refractivity contribution in [2.24, 2.45) is 11.8 Å². The van der Waals surface area contributed by atoms with Crippen molar-refractivity contribution in [3.8, 4) is 0 Å². The number of hydrogen-bond acceptors (Lipinski definition) is 0. The van der Waals surface area contributed by atoms with Gasteiger partial charge in [0.05, 0.1) is 0 Å². The molecule has 0 bridgehead atoms. The average molecular weight is 188 g/mol. The molecule has 0 spiro atoms. The maximum atomic E-state index is 2.39. The number of rotatable bonds is 5. The normalized spacial score (nSPS) is 12.5. The molecule has 0 radical (unpaired) electrons. The molecule has 0 saturated heterocycles. The molecule has 0 aromatic rings. The van der Waals surface area contributed by atoms with E-state index in [4.69, 9.17) is 0 Å². The second-order valence-corrected chi connectivity index (χ2v) is 7.78. The monoisotopic (exact) mass is 188 g/mol. The maximum Gasteiger partial charge on any atom is -0.0266 e. The Kier molecular flexibility index (Phi) is 6.19. The molecule has 0 aliphatic rings. The molecule has 0 fully saturated rings. The van der Waals surface area contributed by atoms with Crippen molar-refractivity contribution in [3.63, 3.8) is 0 Å². The Morgan fingerprint density at radius 1 is 0.750 bits per heavy atom. The largest absolute Gasteiger partial charge is 0.104 e. The van der Waals surface area contributed by atoms with E-state index in [0.717, 1.165) is 17.5 Å². The topological polar surface area (TPSA) is 0 Å². The predicted molar refractivity (Wildman–Crippen MR) is 61.5 cm³/mol. The Bertz CT molecular complexity index is 95.6. The summed E-state index contributed by atoms with van der Waals surface area (Å²) in [4.78, 5) is 0. The summed E-state index contributed by atoms with van der Waals surface area (Å²) in [5.74, 6) is 1.77. The van der Waals surface area contributed by atoms with E-state index in [1.165, 1.54) is 12.3 Å². The molecular weight excluding hydrogens is 163 g/mol. The standard InChI is InChI=1S/C11H25P/c1-9(2)7-12(11(5)6)8-10(3)4/h9-11H,7-8H2,1-6H3. The van der Waals surface area contributed by atoms with Crippen molar-refractivity contribution in [1.82, 2.24) is 0 Å². The summed E-state index contributed by atoms with van der Waals surface area (Å²) >= 11 is 0. The maximum absolute atomic E-state index is 2.39. The first-order chi connectivity index (χ1) is 5.43. The van der Waals surface area contributed by atoms with E-state index in [1.807, 2.05) is 0 Å². The highest BCUT2D eigenvalue weighted by molar-refractivity contribution is 7.58. The van der Waals surface area contributed by atoms with Gasteiger partial charge in [-0.25, -0.2) is 0 Å². The molecule has 0 atom stereocenters. The lowest BCUT2D eigenvalue weighted by molar-refractivity contribution is 0.712. The molecule has 0 nitrogen and oxygen atoms in total. The first-order valence-corrected chi connectivity index (χ1v) is 6.95. The smallest absolute Gasteiger partial charge is 0.0266 e. The zero-order chi connectivity index (χ0) is 9.72. The SMILES string of the molecule is CC(C)CP(CC(C)C)C(C)C. The molecule has 0 heterocycles. The van der Waals surface area contributed by atoms with Crippen LogP contribution in [0.2, 0.25) is 0 Å². The van der Waals surface area contributed by atoms with Gasteiger partial charge in [0, 0.05) is 0 Å². The van der Waals surface area contributed by atoms with Crippen LogP contribution in [-0.2, 0) is 0 Å². The lowest BCUT2D eigenvalue weighted by Crippen LogP contribution is -2.08. The van der Waals surface area contributed by atoms with Gasteiger partial charge < -0.3 is 0 Å². The first kappa shape index (κ1) is 12.4. The molecule has 74 valence electrons.